The molecule has 0 bridgehead atoms. The molecule has 41 heavy (non-hydrogen) atoms. The Hall–Kier alpha value is -4.59. The van der Waals surface area contributed by atoms with Crippen LogP contribution in [0.2, 0.25) is 0 Å². The molecule has 0 aliphatic rings. The van der Waals surface area contributed by atoms with Gasteiger partial charge in [0.2, 0.25) is 11.8 Å². The summed E-state index contributed by atoms with van der Waals surface area (Å²) >= 11 is 0. The number of likely N-dealkylation sites (N-methyl/N-ethyl adjacent to an activating group) is 1. The summed E-state index contributed by atoms with van der Waals surface area (Å²) in [5, 5.41) is 23.6. The fourth-order valence-electron chi connectivity index (χ4n) is 4.09. The van der Waals surface area contributed by atoms with Crippen molar-refractivity contribution in [3.8, 4) is 0 Å². The van der Waals surface area contributed by atoms with Gasteiger partial charge in [0.25, 0.3) is 5.56 Å². The van der Waals surface area contributed by atoms with Crippen LogP contribution in [-0.4, -0.2) is 72.7 Å². The minimum Gasteiger partial charge on any atom is -0.465 e. The van der Waals surface area contributed by atoms with E-state index in [2.05, 4.69) is 25.6 Å². The molecule has 0 fully saturated rings. The number of carbonyl (C=O) groups excluding carboxylic acids is 2. The minimum atomic E-state index is -1.44. The molecule has 13 nitrogen and oxygen atoms in total. The highest BCUT2D eigenvalue weighted by Crippen LogP contribution is 2.21. The van der Waals surface area contributed by atoms with E-state index in [0.717, 1.165) is 6.20 Å². The fourth-order valence-corrected chi connectivity index (χ4v) is 4.09. The zero-order chi connectivity index (χ0) is 30.3. The van der Waals surface area contributed by atoms with Crippen molar-refractivity contribution in [1.29, 1.82) is 0 Å². The normalized spacial score (nSPS) is 12.2. The molecule has 1 atom stereocenters. The number of aromatic amines is 1. The third kappa shape index (κ3) is 7.97. The van der Waals surface area contributed by atoms with Crippen LogP contribution in [0.4, 0.5) is 14.9 Å². The molecule has 1 unspecified atom stereocenters. The average molecular weight is 572 g/mol. The summed E-state index contributed by atoms with van der Waals surface area (Å²) in [6, 6.07) is 1.52. The Morgan fingerprint density at radius 3 is 2.61 bits per heavy atom. The summed E-state index contributed by atoms with van der Waals surface area (Å²) in [6.07, 6.45) is 3.31. The Balaban J connectivity index is 1.86. The van der Waals surface area contributed by atoms with Crippen molar-refractivity contribution in [2.75, 3.05) is 19.4 Å². The van der Waals surface area contributed by atoms with Crippen molar-refractivity contribution in [3.63, 3.8) is 0 Å². The number of pyridine rings is 2. The van der Waals surface area contributed by atoms with Crippen molar-refractivity contribution in [3.05, 3.63) is 63.9 Å². The van der Waals surface area contributed by atoms with Gasteiger partial charge in [0, 0.05) is 19.8 Å². The maximum Gasteiger partial charge on any atom is 0.405 e. The number of aromatic nitrogens is 4. The van der Waals surface area contributed by atoms with Crippen molar-refractivity contribution >= 4 is 34.6 Å². The van der Waals surface area contributed by atoms with Crippen LogP contribution >= 0.6 is 0 Å². The van der Waals surface area contributed by atoms with Crippen molar-refractivity contribution in [2.24, 2.45) is 5.92 Å². The number of carboxylic acid groups (broad SMARTS) is 1. The Labute approximate surface area is 235 Å². The second-order valence-corrected chi connectivity index (χ2v) is 10.0. The number of carbonyl (C=O) groups is 3. The predicted molar refractivity (Wildman–Crippen MR) is 149 cm³/mol. The number of amides is 3. The van der Waals surface area contributed by atoms with Gasteiger partial charge >= 0.3 is 6.09 Å². The molecule has 0 aliphatic heterocycles. The monoisotopic (exact) mass is 571 g/mol. The van der Waals surface area contributed by atoms with Crippen molar-refractivity contribution in [1.82, 2.24) is 29.7 Å². The van der Waals surface area contributed by atoms with E-state index in [1.807, 2.05) is 13.8 Å². The molecule has 3 heterocycles. The van der Waals surface area contributed by atoms with E-state index in [9.17, 15) is 33.8 Å². The molecular weight excluding hydrogens is 537 g/mol. The van der Waals surface area contributed by atoms with Gasteiger partial charge in [0.15, 0.2) is 5.82 Å². The number of H-pyrrole nitrogens is 1. The number of aliphatic hydroxyl groups excluding tert-OH is 1. The number of hydrogen-bond acceptors (Lipinski definition) is 7. The van der Waals surface area contributed by atoms with Crippen LogP contribution in [0.15, 0.2) is 35.3 Å². The van der Waals surface area contributed by atoms with Gasteiger partial charge in [-0.1, -0.05) is 19.9 Å². The zero-order valence-corrected chi connectivity index (χ0v) is 23.3. The van der Waals surface area contributed by atoms with E-state index >= 15 is 0 Å². The molecule has 0 saturated heterocycles. The molecule has 3 aromatic rings. The van der Waals surface area contributed by atoms with Crippen LogP contribution in [0.3, 0.4) is 0 Å². The van der Waals surface area contributed by atoms with Gasteiger partial charge in [0.1, 0.15) is 23.1 Å². The Morgan fingerprint density at radius 2 is 1.98 bits per heavy atom. The topological polar surface area (TPSA) is 183 Å². The van der Waals surface area contributed by atoms with Gasteiger partial charge in [-0.05, 0) is 43.4 Å². The van der Waals surface area contributed by atoms with Crippen LogP contribution in [-0.2, 0) is 29.2 Å². The number of nitrogens with zero attached hydrogens (tertiary/aromatic N) is 4. The van der Waals surface area contributed by atoms with Gasteiger partial charge in [-0.2, -0.15) is 0 Å². The summed E-state index contributed by atoms with van der Waals surface area (Å²) in [4.78, 5) is 62.1. The molecule has 3 aromatic heterocycles. The molecule has 3 rings (SSSR count). The lowest BCUT2D eigenvalue weighted by Crippen LogP contribution is -2.44. The van der Waals surface area contributed by atoms with Gasteiger partial charge in [-0.15, -0.1) is 0 Å². The van der Waals surface area contributed by atoms with Crippen molar-refractivity contribution in [2.45, 2.75) is 52.3 Å². The predicted octanol–water partition coefficient (Wildman–Crippen LogP) is 2.00. The first kappa shape index (κ1) is 30.9. The van der Waals surface area contributed by atoms with E-state index in [0.29, 0.717) is 17.6 Å². The van der Waals surface area contributed by atoms with Crippen LogP contribution in [0.5, 0.6) is 0 Å². The van der Waals surface area contributed by atoms with Crippen LogP contribution in [0, 0.1) is 11.7 Å². The summed E-state index contributed by atoms with van der Waals surface area (Å²) in [6.45, 7) is 3.33. The van der Waals surface area contributed by atoms with E-state index in [4.69, 9.17) is 0 Å². The number of nitrogens with one attached hydrogen (secondary N) is 3. The van der Waals surface area contributed by atoms with E-state index in [1.165, 1.54) is 33.8 Å². The summed E-state index contributed by atoms with van der Waals surface area (Å²) in [7, 11) is 3.16. The summed E-state index contributed by atoms with van der Waals surface area (Å²) in [5.74, 6) is -1.18. The zero-order valence-electron chi connectivity index (χ0n) is 23.3. The molecule has 5 N–H and O–H groups in total. The Bertz CT molecular complexity index is 1510. The standard InChI is InChI=1S/C27H34FN7O6/c1-15(2)11-20-24-23(17(28)12-29-20)32-21(33-24)13-35-16(14-36)9-10-19(26(35)39)30-25(38)18(31-27(40)41)7-5-6-8-22(37)34(3)4/h6,8-10,12,15,18,31,36H,5,7,11,13-14H2,1-4H3,(H,30,38)(H,32,33)(H,40,41). The van der Waals surface area contributed by atoms with E-state index in [-0.39, 0.29) is 53.9 Å². The van der Waals surface area contributed by atoms with E-state index < -0.39 is 36.0 Å². The average Bonchev–Trinajstić information content (AvgIpc) is 3.34. The second kappa shape index (κ2) is 13.7. The molecular formula is C27H34FN7O6. The first-order chi connectivity index (χ1) is 19.4. The van der Waals surface area contributed by atoms with Crippen LogP contribution in [0.25, 0.3) is 11.0 Å². The van der Waals surface area contributed by atoms with E-state index in [1.54, 1.807) is 14.1 Å². The Morgan fingerprint density at radius 1 is 1.24 bits per heavy atom. The van der Waals surface area contributed by atoms with Crippen LogP contribution in [0.1, 0.15) is 43.9 Å². The van der Waals surface area contributed by atoms with Gasteiger partial charge < -0.3 is 35.3 Å². The van der Waals surface area contributed by atoms with Gasteiger partial charge in [-0.3, -0.25) is 19.4 Å². The smallest absolute Gasteiger partial charge is 0.405 e. The number of fused-ring (bicyclic) bond motifs is 1. The molecule has 220 valence electrons. The number of anilines is 1. The molecule has 0 radical (unpaired) electrons. The quantitative estimate of drug-likeness (QED) is 0.205. The molecule has 3 amide bonds. The first-order valence-electron chi connectivity index (χ1n) is 12.9. The lowest BCUT2D eigenvalue weighted by molar-refractivity contribution is -0.123. The van der Waals surface area contributed by atoms with Crippen LogP contribution < -0.4 is 16.2 Å². The lowest BCUT2D eigenvalue weighted by Gasteiger charge is -2.17. The molecule has 14 heteroatoms. The number of halogens is 1. The third-order valence-corrected chi connectivity index (χ3v) is 6.13. The summed E-state index contributed by atoms with van der Waals surface area (Å²) in [5.41, 5.74) is 0.497. The largest absolute Gasteiger partial charge is 0.465 e. The summed E-state index contributed by atoms with van der Waals surface area (Å²) < 4.78 is 15.6. The fraction of sp³-hybridized carbons (Fsp3) is 0.407. The minimum absolute atomic E-state index is 0.0234. The van der Waals surface area contributed by atoms with Crippen molar-refractivity contribution < 1.29 is 29.0 Å². The lowest BCUT2D eigenvalue weighted by atomic mass is 10.1. The number of rotatable bonds is 12. The highest BCUT2D eigenvalue weighted by atomic mass is 19.1. The molecule has 0 aliphatic carbocycles. The highest BCUT2D eigenvalue weighted by Gasteiger charge is 2.22. The molecule has 0 aromatic carbocycles. The third-order valence-electron chi connectivity index (χ3n) is 6.13. The number of aliphatic hydroxyl groups is 1. The molecule has 0 saturated carbocycles. The van der Waals surface area contributed by atoms with Gasteiger partial charge in [-0.25, -0.2) is 14.2 Å². The second-order valence-electron chi connectivity index (χ2n) is 10.0. The SMILES string of the molecule is CC(C)Cc1ncc(F)c2nc(Cn3c(CO)ccc(NC(=O)C(CCC=CC(=O)N(C)C)NC(=O)O)c3=O)[nH]c12. The van der Waals surface area contributed by atoms with Gasteiger partial charge in [0.05, 0.1) is 30.6 Å². The maximum absolute atomic E-state index is 14.5. The number of allylic oxidation sites excluding steroid dienone is 1. The molecule has 0 spiro atoms. The number of hydrogen-bond donors (Lipinski definition) is 5. The Kier molecular flexibility index (Phi) is 10.3. The first-order valence-corrected chi connectivity index (χ1v) is 12.9. The maximum atomic E-state index is 14.5. The highest BCUT2D eigenvalue weighted by molar-refractivity contribution is 5.96. The number of imidazole rings is 1.